The minimum Gasteiger partial charge on any atom is -0.363 e. The summed E-state index contributed by atoms with van der Waals surface area (Å²) >= 11 is 0. The van der Waals surface area contributed by atoms with Crippen molar-refractivity contribution in [3.05, 3.63) is 24.2 Å². The van der Waals surface area contributed by atoms with Crippen molar-refractivity contribution < 1.29 is 0 Å². The molecule has 0 atom stereocenters. The van der Waals surface area contributed by atoms with Crippen LogP contribution in [0.25, 0.3) is 11.4 Å². The number of rotatable bonds is 3. The van der Waals surface area contributed by atoms with E-state index in [1.807, 2.05) is 37.3 Å². The molecule has 19 heavy (non-hydrogen) atoms. The predicted octanol–water partition coefficient (Wildman–Crippen LogP) is 2.59. The fourth-order valence-corrected chi connectivity index (χ4v) is 2.57. The minimum atomic E-state index is 0.565. The molecule has 0 amide bonds. The van der Waals surface area contributed by atoms with Gasteiger partial charge in [-0.3, -0.25) is 5.10 Å². The van der Waals surface area contributed by atoms with Gasteiger partial charge in [0.2, 0.25) is 0 Å². The molecule has 1 N–H and O–H groups in total. The first-order chi connectivity index (χ1) is 9.24. The van der Waals surface area contributed by atoms with Crippen molar-refractivity contribution in [2.45, 2.75) is 31.6 Å². The summed E-state index contributed by atoms with van der Waals surface area (Å²) < 4.78 is 0. The van der Waals surface area contributed by atoms with Gasteiger partial charge in [0.05, 0.1) is 0 Å². The summed E-state index contributed by atoms with van der Waals surface area (Å²) in [5, 5.41) is 7.40. The van der Waals surface area contributed by atoms with Crippen LogP contribution in [0.2, 0.25) is 0 Å². The van der Waals surface area contributed by atoms with Gasteiger partial charge >= 0.3 is 0 Å². The number of aromatic amines is 1. The molecule has 0 bridgehead atoms. The molecule has 0 unspecified atom stereocenters. The van der Waals surface area contributed by atoms with Crippen molar-refractivity contribution in [3.8, 4) is 11.4 Å². The lowest BCUT2D eigenvalue weighted by atomic mass is 10.1. The maximum atomic E-state index is 4.62. The van der Waals surface area contributed by atoms with E-state index in [-0.39, 0.29) is 0 Å². The Morgan fingerprint density at radius 1 is 1.21 bits per heavy atom. The molecule has 2 heterocycles. The van der Waals surface area contributed by atoms with Gasteiger partial charge in [0.1, 0.15) is 11.6 Å². The molecule has 0 radical (unpaired) electrons. The lowest BCUT2D eigenvalue weighted by Crippen LogP contribution is -2.10. The molecule has 0 spiro atoms. The molecule has 5 heteroatoms. The van der Waals surface area contributed by atoms with Crippen LogP contribution in [0.4, 0.5) is 5.82 Å². The standard InChI is InChI=1S/C14H19N5/c1-19(2)12-8-7-11(9-15-12)14-16-13(17-18-14)10-5-3-4-6-10/h7-10H,3-6H2,1-2H3,(H,16,17,18). The molecule has 1 aliphatic carbocycles. The van der Waals surface area contributed by atoms with Gasteiger partial charge < -0.3 is 4.90 Å². The summed E-state index contributed by atoms with van der Waals surface area (Å²) in [6.45, 7) is 0. The molecular weight excluding hydrogens is 238 g/mol. The number of hydrogen-bond acceptors (Lipinski definition) is 4. The van der Waals surface area contributed by atoms with Crippen LogP contribution in [0.3, 0.4) is 0 Å². The summed E-state index contributed by atoms with van der Waals surface area (Å²) in [7, 11) is 3.96. The average Bonchev–Trinajstić information content (AvgIpc) is 3.10. The van der Waals surface area contributed by atoms with Crippen LogP contribution in [-0.4, -0.2) is 34.3 Å². The van der Waals surface area contributed by atoms with Crippen molar-refractivity contribution in [1.29, 1.82) is 0 Å². The Hall–Kier alpha value is -1.91. The third-order valence-corrected chi connectivity index (χ3v) is 3.71. The zero-order valence-corrected chi connectivity index (χ0v) is 11.4. The van der Waals surface area contributed by atoms with Crippen LogP contribution in [0, 0.1) is 0 Å². The van der Waals surface area contributed by atoms with Crippen LogP contribution in [-0.2, 0) is 0 Å². The van der Waals surface area contributed by atoms with E-state index in [9.17, 15) is 0 Å². The van der Waals surface area contributed by atoms with Gasteiger partial charge in [-0.15, -0.1) is 0 Å². The molecule has 3 rings (SSSR count). The fourth-order valence-electron chi connectivity index (χ4n) is 2.57. The number of anilines is 1. The highest BCUT2D eigenvalue weighted by Gasteiger charge is 2.20. The third kappa shape index (κ3) is 2.45. The fraction of sp³-hybridized carbons (Fsp3) is 0.500. The van der Waals surface area contributed by atoms with Crippen LogP contribution in [0.15, 0.2) is 18.3 Å². The zero-order chi connectivity index (χ0) is 13.2. The number of hydrogen-bond donors (Lipinski definition) is 1. The monoisotopic (exact) mass is 257 g/mol. The Morgan fingerprint density at radius 3 is 2.63 bits per heavy atom. The predicted molar refractivity (Wildman–Crippen MR) is 75.1 cm³/mol. The van der Waals surface area contributed by atoms with Gasteiger partial charge in [0, 0.05) is 31.8 Å². The highest BCUT2D eigenvalue weighted by Crippen LogP contribution is 2.32. The number of nitrogens with one attached hydrogen (secondary N) is 1. The molecule has 5 nitrogen and oxygen atoms in total. The van der Waals surface area contributed by atoms with Gasteiger partial charge in [-0.05, 0) is 25.0 Å². The molecule has 1 fully saturated rings. The maximum Gasteiger partial charge on any atom is 0.182 e. The minimum absolute atomic E-state index is 0.565. The Morgan fingerprint density at radius 2 is 2.00 bits per heavy atom. The summed E-state index contributed by atoms with van der Waals surface area (Å²) in [5.41, 5.74) is 0.964. The first-order valence-corrected chi connectivity index (χ1v) is 6.80. The van der Waals surface area contributed by atoms with Crippen molar-refractivity contribution >= 4 is 5.82 Å². The lowest BCUT2D eigenvalue weighted by Gasteiger charge is -2.10. The van der Waals surface area contributed by atoms with Crippen molar-refractivity contribution in [3.63, 3.8) is 0 Å². The molecular formula is C14H19N5. The molecule has 2 aromatic rings. The van der Waals surface area contributed by atoms with E-state index in [0.717, 1.165) is 23.0 Å². The maximum absolute atomic E-state index is 4.62. The second kappa shape index (κ2) is 4.99. The Bertz CT molecular complexity index is 537. The number of H-pyrrole nitrogens is 1. The Kier molecular flexibility index (Phi) is 3.19. The van der Waals surface area contributed by atoms with Crippen molar-refractivity contribution in [1.82, 2.24) is 20.2 Å². The van der Waals surface area contributed by atoms with E-state index in [1.54, 1.807) is 0 Å². The van der Waals surface area contributed by atoms with Gasteiger partial charge in [-0.2, -0.15) is 5.10 Å². The summed E-state index contributed by atoms with van der Waals surface area (Å²) in [5.74, 6) is 3.29. The SMILES string of the molecule is CN(C)c1ccc(-c2n[nH]c(C3CCCC3)n2)cn1. The third-order valence-electron chi connectivity index (χ3n) is 3.71. The Labute approximate surface area is 113 Å². The molecule has 100 valence electrons. The number of aromatic nitrogens is 4. The van der Waals surface area contributed by atoms with E-state index in [2.05, 4.69) is 20.2 Å². The average molecular weight is 257 g/mol. The molecule has 2 aromatic heterocycles. The number of pyridine rings is 1. The molecule has 1 saturated carbocycles. The number of nitrogens with zero attached hydrogens (tertiary/aromatic N) is 4. The van der Waals surface area contributed by atoms with Crippen molar-refractivity contribution in [2.75, 3.05) is 19.0 Å². The lowest BCUT2D eigenvalue weighted by molar-refractivity contribution is 0.672. The smallest absolute Gasteiger partial charge is 0.182 e. The zero-order valence-electron chi connectivity index (χ0n) is 11.4. The van der Waals surface area contributed by atoms with Crippen molar-refractivity contribution in [2.24, 2.45) is 0 Å². The van der Waals surface area contributed by atoms with Crippen LogP contribution < -0.4 is 4.90 Å². The highest BCUT2D eigenvalue weighted by atomic mass is 15.2. The van der Waals surface area contributed by atoms with Gasteiger partial charge in [0.25, 0.3) is 0 Å². The van der Waals surface area contributed by atoms with Crippen LogP contribution >= 0.6 is 0 Å². The van der Waals surface area contributed by atoms with E-state index >= 15 is 0 Å². The van der Waals surface area contributed by atoms with E-state index in [0.29, 0.717) is 5.92 Å². The van der Waals surface area contributed by atoms with Gasteiger partial charge in [-0.1, -0.05) is 12.8 Å². The highest BCUT2D eigenvalue weighted by molar-refractivity contribution is 5.55. The quantitative estimate of drug-likeness (QED) is 0.918. The van der Waals surface area contributed by atoms with Gasteiger partial charge in [0.15, 0.2) is 5.82 Å². The first kappa shape index (κ1) is 12.1. The first-order valence-electron chi connectivity index (χ1n) is 6.80. The summed E-state index contributed by atoms with van der Waals surface area (Å²) in [4.78, 5) is 11.0. The van der Waals surface area contributed by atoms with Gasteiger partial charge in [-0.25, -0.2) is 9.97 Å². The van der Waals surface area contributed by atoms with Crippen LogP contribution in [0.1, 0.15) is 37.4 Å². The normalized spacial score (nSPS) is 15.9. The topological polar surface area (TPSA) is 57.7 Å². The van der Waals surface area contributed by atoms with E-state index in [1.165, 1.54) is 25.7 Å². The largest absolute Gasteiger partial charge is 0.363 e. The molecule has 0 aliphatic heterocycles. The van der Waals surface area contributed by atoms with E-state index < -0.39 is 0 Å². The molecule has 0 aromatic carbocycles. The summed E-state index contributed by atoms with van der Waals surface area (Å²) in [6.07, 6.45) is 6.90. The molecule has 1 aliphatic rings. The second-order valence-corrected chi connectivity index (χ2v) is 5.33. The summed E-state index contributed by atoms with van der Waals surface area (Å²) in [6, 6.07) is 4.00. The van der Waals surface area contributed by atoms with Crippen LogP contribution in [0.5, 0.6) is 0 Å². The Balaban J connectivity index is 1.81. The second-order valence-electron chi connectivity index (χ2n) is 5.33. The van der Waals surface area contributed by atoms with E-state index in [4.69, 9.17) is 0 Å². The molecule has 0 saturated heterocycles.